The number of carbonyl (C=O) groups is 2. The summed E-state index contributed by atoms with van der Waals surface area (Å²) in [6.07, 6.45) is 0. The Balaban J connectivity index is 2.02. The lowest BCUT2D eigenvalue weighted by molar-refractivity contribution is -0.142. The van der Waals surface area contributed by atoms with E-state index >= 15 is 0 Å². The van der Waals surface area contributed by atoms with E-state index in [1.165, 1.54) is 0 Å². The molecule has 6 nitrogen and oxygen atoms in total. The lowest BCUT2D eigenvalue weighted by Crippen LogP contribution is -2.61. The summed E-state index contributed by atoms with van der Waals surface area (Å²) < 4.78 is 10.7. The van der Waals surface area contributed by atoms with Gasteiger partial charge >= 0.3 is 11.8 Å². The zero-order valence-corrected chi connectivity index (χ0v) is 10.7. The number of fused-ring (bicyclic) bond motifs is 1. The van der Waals surface area contributed by atoms with Crippen molar-refractivity contribution in [3.63, 3.8) is 0 Å². The second kappa shape index (κ2) is 3.88. The average molecular weight is 262 g/mol. The number of rotatable bonds is 1. The molecule has 2 N–H and O–H groups in total. The van der Waals surface area contributed by atoms with Crippen molar-refractivity contribution in [1.82, 2.24) is 10.6 Å². The molecule has 0 spiro atoms. The van der Waals surface area contributed by atoms with Gasteiger partial charge in [-0.2, -0.15) is 0 Å². The Bertz CT molecular complexity index is 584. The molecule has 0 radical (unpaired) electrons. The molecule has 2 aliphatic heterocycles. The van der Waals surface area contributed by atoms with Crippen LogP contribution in [-0.2, 0) is 15.1 Å². The summed E-state index contributed by atoms with van der Waals surface area (Å²) >= 11 is 0. The van der Waals surface area contributed by atoms with Crippen molar-refractivity contribution < 1.29 is 19.1 Å². The Morgan fingerprint density at radius 3 is 2.53 bits per heavy atom. The maximum Gasteiger partial charge on any atom is 0.310 e. The third-order valence-corrected chi connectivity index (χ3v) is 3.51. The van der Waals surface area contributed by atoms with Gasteiger partial charge in [0.15, 0.2) is 11.5 Å². The third kappa shape index (κ3) is 1.80. The average Bonchev–Trinajstić information content (AvgIpc) is 2.80. The van der Waals surface area contributed by atoms with Crippen LogP contribution in [0.4, 0.5) is 0 Å². The number of nitrogens with one attached hydrogen (secondary N) is 2. The second-order valence-electron chi connectivity index (χ2n) is 4.99. The fraction of sp³-hybridized carbons (Fsp3) is 0.385. The number of hydrogen-bond donors (Lipinski definition) is 2. The SMILES string of the molecule is Cc1cc2c(cc1C1(C)CNC(=O)C(=O)N1)OCO2. The normalized spacial score (nSPS) is 24.9. The zero-order valence-electron chi connectivity index (χ0n) is 10.7. The summed E-state index contributed by atoms with van der Waals surface area (Å²) in [5.41, 5.74) is 1.24. The summed E-state index contributed by atoms with van der Waals surface area (Å²) in [7, 11) is 0. The molecule has 0 aromatic heterocycles. The molecule has 0 saturated carbocycles. The van der Waals surface area contributed by atoms with Gasteiger partial charge in [0, 0.05) is 6.54 Å². The fourth-order valence-electron chi connectivity index (χ4n) is 2.49. The van der Waals surface area contributed by atoms with Crippen LogP contribution in [0.25, 0.3) is 0 Å². The van der Waals surface area contributed by atoms with Crippen LogP contribution in [-0.4, -0.2) is 25.2 Å². The van der Waals surface area contributed by atoms with Crippen molar-refractivity contribution in [2.24, 2.45) is 0 Å². The molecule has 2 amide bonds. The van der Waals surface area contributed by atoms with Crippen LogP contribution in [0.1, 0.15) is 18.1 Å². The van der Waals surface area contributed by atoms with Crippen molar-refractivity contribution in [1.29, 1.82) is 0 Å². The highest BCUT2D eigenvalue weighted by molar-refractivity contribution is 6.35. The lowest BCUT2D eigenvalue weighted by atomic mass is 9.86. The maximum atomic E-state index is 11.5. The highest BCUT2D eigenvalue weighted by Crippen LogP contribution is 2.38. The number of amides is 2. The number of carbonyl (C=O) groups excluding carboxylic acids is 2. The van der Waals surface area contributed by atoms with Crippen molar-refractivity contribution in [2.75, 3.05) is 13.3 Å². The van der Waals surface area contributed by atoms with Gasteiger partial charge in [0.05, 0.1) is 5.54 Å². The first kappa shape index (κ1) is 11.8. The first-order chi connectivity index (χ1) is 8.99. The van der Waals surface area contributed by atoms with Gasteiger partial charge in [-0.1, -0.05) is 0 Å². The van der Waals surface area contributed by atoms with Crippen LogP contribution in [0.3, 0.4) is 0 Å². The fourth-order valence-corrected chi connectivity index (χ4v) is 2.49. The number of aryl methyl sites for hydroxylation is 1. The number of benzene rings is 1. The van der Waals surface area contributed by atoms with Gasteiger partial charge in [-0.3, -0.25) is 9.59 Å². The Labute approximate surface area is 110 Å². The largest absolute Gasteiger partial charge is 0.454 e. The molecule has 1 saturated heterocycles. The van der Waals surface area contributed by atoms with E-state index in [2.05, 4.69) is 10.6 Å². The Hall–Kier alpha value is -2.24. The van der Waals surface area contributed by atoms with Gasteiger partial charge in [0.2, 0.25) is 6.79 Å². The molecule has 1 atom stereocenters. The zero-order chi connectivity index (χ0) is 13.6. The number of hydrogen-bond acceptors (Lipinski definition) is 4. The minimum Gasteiger partial charge on any atom is -0.454 e. The standard InChI is InChI=1S/C13H14N2O4/c1-7-3-9-10(19-6-18-9)4-8(7)13(2)5-14-11(16)12(17)15-13/h3-4H,5-6H2,1-2H3,(H,14,16)(H,15,17). The topological polar surface area (TPSA) is 76.7 Å². The van der Waals surface area contributed by atoms with Crippen LogP contribution in [0, 0.1) is 6.92 Å². The smallest absolute Gasteiger partial charge is 0.310 e. The highest BCUT2D eigenvalue weighted by atomic mass is 16.7. The molecule has 2 aliphatic rings. The van der Waals surface area contributed by atoms with Crippen molar-refractivity contribution in [2.45, 2.75) is 19.4 Å². The van der Waals surface area contributed by atoms with E-state index in [9.17, 15) is 9.59 Å². The molecule has 2 heterocycles. The van der Waals surface area contributed by atoms with E-state index < -0.39 is 17.4 Å². The molecule has 1 unspecified atom stereocenters. The lowest BCUT2D eigenvalue weighted by Gasteiger charge is -2.36. The predicted octanol–water partition coefficient (Wildman–Crippen LogP) is 0.185. The van der Waals surface area contributed by atoms with Crippen LogP contribution < -0.4 is 20.1 Å². The second-order valence-corrected chi connectivity index (χ2v) is 4.99. The minimum absolute atomic E-state index is 0.206. The molecular weight excluding hydrogens is 248 g/mol. The van der Waals surface area contributed by atoms with Crippen molar-refractivity contribution in [3.8, 4) is 11.5 Å². The van der Waals surface area contributed by atoms with Gasteiger partial charge in [-0.25, -0.2) is 0 Å². The van der Waals surface area contributed by atoms with Gasteiger partial charge in [-0.15, -0.1) is 0 Å². The Kier molecular flexibility index (Phi) is 2.41. The van der Waals surface area contributed by atoms with E-state index in [1.54, 1.807) is 0 Å². The highest BCUT2D eigenvalue weighted by Gasteiger charge is 2.38. The first-order valence-electron chi connectivity index (χ1n) is 6.01. The molecule has 3 rings (SSSR count). The molecule has 1 fully saturated rings. The molecule has 1 aromatic rings. The van der Waals surface area contributed by atoms with Gasteiger partial charge in [0.25, 0.3) is 0 Å². The Morgan fingerprint density at radius 1 is 1.16 bits per heavy atom. The van der Waals surface area contributed by atoms with Crippen LogP contribution in [0.2, 0.25) is 0 Å². The van der Waals surface area contributed by atoms with Crippen LogP contribution in [0.5, 0.6) is 11.5 Å². The molecule has 0 aliphatic carbocycles. The van der Waals surface area contributed by atoms with Gasteiger partial charge in [0.1, 0.15) is 0 Å². The van der Waals surface area contributed by atoms with Gasteiger partial charge in [-0.05, 0) is 37.1 Å². The first-order valence-corrected chi connectivity index (χ1v) is 6.01. The predicted molar refractivity (Wildman–Crippen MR) is 65.8 cm³/mol. The Morgan fingerprint density at radius 2 is 1.84 bits per heavy atom. The summed E-state index contributed by atoms with van der Waals surface area (Å²) in [4.78, 5) is 22.8. The molecule has 6 heteroatoms. The van der Waals surface area contributed by atoms with Crippen LogP contribution in [0.15, 0.2) is 12.1 Å². The van der Waals surface area contributed by atoms with E-state index in [1.807, 2.05) is 26.0 Å². The third-order valence-electron chi connectivity index (χ3n) is 3.51. The van der Waals surface area contributed by atoms with Crippen molar-refractivity contribution >= 4 is 11.8 Å². The quantitative estimate of drug-likeness (QED) is 0.708. The van der Waals surface area contributed by atoms with Gasteiger partial charge < -0.3 is 20.1 Å². The van der Waals surface area contributed by atoms with E-state index in [0.29, 0.717) is 18.0 Å². The molecule has 100 valence electrons. The summed E-state index contributed by atoms with van der Waals surface area (Å²) in [6, 6.07) is 3.74. The molecule has 19 heavy (non-hydrogen) atoms. The number of piperazine rings is 1. The number of ether oxygens (including phenoxy) is 2. The molecule has 0 bridgehead atoms. The molecule has 1 aromatic carbocycles. The summed E-state index contributed by atoms with van der Waals surface area (Å²) in [6.45, 7) is 4.36. The van der Waals surface area contributed by atoms with E-state index in [0.717, 1.165) is 11.1 Å². The maximum absolute atomic E-state index is 11.5. The summed E-state index contributed by atoms with van der Waals surface area (Å²) in [5.74, 6) is 0.144. The van der Waals surface area contributed by atoms with E-state index in [-0.39, 0.29) is 6.79 Å². The minimum atomic E-state index is -0.643. The van der Waals surface area contributed by atoms with E-state index in [4.69, 9.17) is 9.47 Å². The van der Waals surface area contributed by atoms with Crippen molar-refractivity contribution in [3.05, 3.63) is 23.3 Å². The van der Waals surface area contributed by atoms with Crippen LogP contribution >= 0.6 is 0 Å². The summed E-state index contributed by atoms with van der Waals surface area (Å²) in [5, 5.41) is 5.34. The monoisotopic (exact) mass is 262 g/mol. The molecular formula is C13H14N2O4.